The van der Waals surface area contributed by atoms with Crippen molar-refractivity contribution in [3.05, 3.63) is 28.8 Å². The summed E-state index contributed by atoms with van der Waals surface area (Å²) in [5, 5.41) is 0.179. The second-order valence-electron chi connectivity index (χ2n) is 2.73. The summed E-state index contributed by atoms with van der Waals surface area (Å²) in [5.41, 5.74) is 0.605. The summed E-state index contributed by atoms with van der Waals surface area (Å²) in [6, 6.07) is 3.71. The van der Waals surface area contributed by atoms with Gasteiger partial charge in [0.25, 0.3) is 0 Å². The van der Waals surface area contributed by atoms with E-state index in [0.29, 0.717) is 5.56 Å². The van der Waals surface area contributed by atoms with Crippen LogP contribution in [0.2, 0.25) is 5.02 Å². The molecule has 0 aliphatic heterocycles. The lowest BCUT2D eigenvalue weighted by Crippen LogP contribution is -2.17. The number of ether oxygens (including phenoxy) is 2. The summed E-state index contributed by atoms with van der Waals surface area (Å²) in [4.78, 5) is 0. The molecule has 0 radical (unpaired) electrons. The molecular weight excluding hydrogens is 233 g/mol. The van der Waals surface area contributed by atoms with Gasteiger partial charge >= 0.3 is 6.36 Å². The van der Waals surface area contributed by atoms with Crippen LogP contribution < -0.4 is 4.74 Å². The third-order valence-corrected chi connectivity index (χ3v) is 1.91. The third kappa shape index (κ3) is 3.97. The van der Waals surface area contributed by atoms with Crippen LogP contribution in [0.1, 0.15) is 5.56 Å². The van der Waals surface area contributed by atoms with Crippen molar-refractivity contribution in [2.75, 3.05) is 7.11 Å². The van der Waals surface area contributed by atoms with Gasteiger partial charge in [-0.3, -0.25) is 0 Å². The second-order valence-corrected chi connectivity index (χ2v) is 3.14. The molecule has 0 aliphatic carbocycles. The smallest absolute Gasteiger partial charge is 0.406 e. The van der Waals surface area contributed by atoms with E-state index in [2.05, 4.69) is 4.74 Å². The average Bonchev–Trinajstić information content (AvgIpc) is 2.07. The highest BCUT2D eigenvalue weighted by atomic mass is 35.5. The Kier molecular flexibility index (Phi) is 3.82. The lowest BCUT2D eigenvalue weighted by molar-refractivity contribution is -0.274. The van der Waals surface area contributed by atoms with Gasteiger partial charge in [0.05, 0.1) is 6.61 Å². The number of hydrogen-bond acceptors (Lipinski definition) is 2. The van der Waals surface area contributed by atoms with E-state index in [1.54, 1.807) is 0 Å². The zero-order valence-electron chi connectivity index (χ0n) is 7.77. The van der Waals surface area contributed by atoms with Crippen LogP contribution in [0.4, 0.5) is 13.2 Å². The lowest BCUT2D eigenvalue weighted by atomic mass is 10.2. The standard InChI is InChI=1S/C9H8ClF3O2/c1-14-5-6-2-3-7(4-8(6)10)15-9(11,12)13/h2-4H,5H2,1H3. The first-order valence-electron chi connectivity index (χ1n) is 3.95. The summed E-state index contributed by atoms with van der Waals surface area (Å²) in [7, 11) is 1.47. The van der Waals surface area contributed by atoms with Gasteiger partial charge in [-0.1, -0.05) is 17.7 Å². The van der Waals surface area contributed by atoms with Crippen LogP contribution in [0.3, 0.4) is 0 Å². The Morgan fingerprint density at radius 1 is 1.33 bits per heavy atom. The summed E-state index contributed by atoms with van der Waals surface area (Å²) < 4.78 is 44.0. The molecule has 0 fully saturated rings. The van der Waals surface area contributed by atoms with Crippen LogP contribution in [0.25, 0.3) is 0 Å². The van der Waals surface area contributed by atoms with E-state index in [4.69, 9.17) is 16.3 Å². The van der Waals surface area contributed by atoms with Gasteiger partial charge in [-0.25, -0.2) is 0 Å². The van der Waals surface area contributed by atoms with Gasteiger partial charge in [0, 0.05) is 12.1 Å². The lowest BCUT2D eigenvalue weighted by Gasteiger charge is -2.10. The Morgan fingerprint density at radius 3 is 2.47 bits per heavy atom. The Hall–Kier alpha value is -0.940. The topological polar surface area (TPSA) is 18.5 Å². The minimum atomic E-state index is -4.70. The van der Waals surface area contributed by atoms with E-state index in [1.165, 1.54) is 19.2 Å². The zero-order chi connectivity index (χ0) is 11.5. The maximum absolute atomic E-state index is 11.8. The molecule has 1 aromatic rings. The van der Waals surface area contributed by atoms with Crippen molar-refractivity contribution in [2.24, 2.45) is 0 Å². The molecule has 0 saturated heterocycles. The van der Waals surface area contributed by atoms with Gasteiger partial charge in [-0.15, -0.1) is 13.2 Å². The number of rotatable bonds is 3. The fourth-order valence-electron chi connectivity index (χ4n) is 0.998. The van der Waals surface area contributed by atoms with Crippen LogP contribution in [-0.4, -0.2) is 13.5 Å². The minimum absolute atomic E-state index is 0.179. The molecular formula is C9H8ClF3O2. The highest BCUT2D eigenvalue weighted by Gasteiger charge is 2.31. The van der Waals surface area contributed by atoms with Crippen molar-refractivity contribution in [3.63, 3.8) is 0 Å². The Morgan fingerprint density at radius 2 is 2.00 bits per heavy atom. The molecule has 0 atom stereocenters. The molecule has 1 rings (SSSR count). The minimum Gasteiger partial charge on any atom is -0.406 e. The molecule has 0 unspecified atom stereocenters. The monoisotopic (exact) mass is 240 g/mol. The predicted molar refractivity (Wildman–Crippen MR) is 48.8 cm³/mol. The van der Waals surface area contributed by atoms with Gasteiger partial charge < -0.3 is 9.47 Å². The molecule has 0 bridgehead atoms. The fraction of sp³-hybridized carbons (Fsp3) is 0.333. The predicted octanol–water partition coefficient (Wildman–Crippen LogP) is 3.39. The van der Waals surface area contributed by atoms with Gasteiger partial charge in [-0.05, 0) is 17.7 Å². The van der Waals surface area contributed by atoms with Gasteiger partial charge in [0.2, 0.25) is 0 Å². The summed E-state index contributed by atoms with van der Waals surface area (Å²) in [6.07, 6.45) is -4.70. The first kappa shape index (κ1) is 12.1. The third-order valence-electron chi connectivity index (χ3n) is 1.56. The molecule has 1 aromatic carbocycles. The Labute approximate surface area is 89.6 Å². The van der Waals surface area contributed by atoms with Crippen molar-refractivity contribution >= 4 is 11.6 Å². The molecule has 0 aromatic heterocycles. The Balaban J connectivity index is 2.82. The van der Waals surface area contributed by atoms with Crippen LogP contribution in [0.5, 0.6) is 5.75 Å². The van der Waals surface area contributed by atoms with E-state index in [1.807, 2.05) is 0 Å². The number of hydrogen-bond donors (Lipinski definition) is 0. The first-order chi connectivity index (χ1) is 6.92. The fourth-order valence-corrected chi connectivity index (χ4v) is 1.22. The molecule has 6 heteroatoms. The Bertz CT molecular complexity index is 339. The van der Waals surface area contributed by atoms with Crippen molar-refractivity contribution in [2.45, 2.75) is 13.0 Å². The van der Waals surface area contributed by atoms with Gasteiger partial charge in [-0.2, -0.15) is 0 Å². The van der Waals surface area contributed by atoms with E-state index in [0.717, 1.165) is 6.07 Å². The second kappa shape index (κ2) is 4.72. The molecule has 15 heavy (non-hydrogen) atoms. The average molecular weight is 241 g/mol. The molecule has 0 N–H and O–H groups in total. The van der Waals surface area contributed by atoms with Crippen LogP contribution >= 0.6 is 11.6 Å². The van der Waals surface area contributed by atoms with Crippen molar-refractivity contribution in [1.29, 1.82) is 0 Å². The van der Waals surface area contributed by atoms with Gasteiger partial charge in [0.1, 0.15) is 5.75 Å². The van der Waals surface area contributed by atoms with E-state index < -0.39 is 6.36 Å². The van der Waals surface area contributed by atoms with E-state index in [9.17, 15) is 13.2 Å². The maximum atomic E-state index is 11.8. The van der Waals surface area contributed by atoms with Gasteiger partial charge in [0.15, 0.2) is 0 Å². The highest BCUT2D eigenvalue weighted by molar-refractivity contribution is 6.31. The van der Waals surface area contributed by atoms with Crippen molar-refractivity contribution in [3.8, 4) is 5.75 Å². The van der Waals surface area contributed by atoms with Crippen molar-refractivity contribution in [1.82, 2.24) is 0 Å². The van der Waals surface area contributed by atoms with Crippen LogP contribution in [-0.2, 0) is 11.3 Å². The molecule has 2 nitrogen and oxygen atoms in total. The maximum Gasteiger partial charge on any atom is 0.573 e. The molecule has 0 spiro atoms. The molecule has 0 aliphatic rings. The number of halogens is 4. The quantitative estimate of drug-likeness (QED) is 0.806. The highest BCUT2D eigenvalue weighted by Crippen LogP contribution is 2.27. The van der Waals surface area contributed by atoms with E-state index >= 15 is 0 Å². The SMILES string of the molecule is COCc1ccc(OC(F)(F)F)cc1Cl. The number of alkyl halides is 3. The normalized spacial score (nSPS) is 11.5. The molecule has 0 saturated carbocycles. The largest absolute Gasteiger partial charge is 0.573 e. The first-order valence-corrected chi connectivity index (χ1v) is 4.33. The number of methoxy groups -OCH3 is 1. The van der Waals surface area contributed by atoms with Crippen LogP contribution in [0, 0.1) is 0 Å². The number of benzene rings is 1. The molecule has 0 heterocycles. The van der Waals surface area contributed by atoms with Crippen molar-refractivity contribution < 1.29 is 22.6 Å². The van der Waals surface area contributed by atoms with Crippen LogP contribution in [0.15, 0.2) is 18.2 Å². The zero-order valence-corrected chi connectivity index (χ0v) is 8.52. The van der Waals surface area contributed by atoms with E-state index in [-0.39, 0.29) is 17.4 Å². The summed E-state index contributed by atoms with van der Waals surface area (Å²) in [6.45, 7) is 0.241. The summed E-state index contributed by atoms with van der Waals surface area (Å²) in [5.74, 6) is -0.340. The molecule has 0 amide bonds. The summed E-state index contributed by atoms with van der Waals surface area (Å²) >= 11 is 5.71. The molecule has 84 valence electrons.